The van der Waals surface area contributed by atoms with Crippen LogP contribution in [0.5, 0.6) is 0 Å². The van der Waals surface area contributed by atoms with Gasteiger partial charge in [-0.2, -0.15) is 0 Å². The third kappa shape index (κ3) is 3.56. The largest absolute Gasteiger partial charge is 0.381 e. The van der Waals surface area contributed by atoms with Crippen molar-refractivity contribution in [2.24, 2.45) is 0 Å². The van der Waals surface area contributed by atoms with Crippen LogP contribution < -0.4 is 10.6 Å². The molecule has 5 heteroatoms. The van der Waals surface area contributed by atoms with Gasteiger partial charge in [0.2, 0.25) is 0 Å². The molecule has 0 saturated heterocycles. The SMILES string of the molecule is CCNc1c(F)cc(C(=O)Nc2cccc(C)c2)cc1F. The van der Waals surface area contributed by atoms with Crippen molar-refractivity contribution in [3.05, 3.63) is 59.2 Å². The Labute approximate surface area is 122 Å². The number of hydrogen-bond donors (Lipinski definition) is 2. The maximum Gasteiger partial charge on any atom is 0.255 e. The molecule has 0 heterocycles. The summed E-state index contributed by atoms with van der Waals surface area (Å²) in [4.78, 5) is 12.0. The molecule has 1 amide bonds. The summed E-state index contributed by atoms with van der Waals surface area (Å²) in [7, 11) is 0. The molecule has 2 rings (SSSR count). The Kier molecular flexibility index (Phi) is 4.52. The van der Waals surface area contributed by atoms with Crippen LogP contribution in [0.3, 0.4) is 0 Å². The maximum atomic E-state index is 13.8. The topological polar surface area (TPSA) is 41.1 Å². The number of benzene rings is 2. The Hall–Kier alpha value is -2.43. The van der Waals surface area contributed by atoms with Gasteiger partial charge in [0.25, 0.3) is 5.91 Å². The summed E-state index contributed by atoms with van der Waals surface area (Å²) in [6.45, 7) is 4.01. The van der Waals surface area contributed by atoms with Crippen molar-refractivity contribution in [1.82, 2.24) is 0 Å². The van der Waals surface area contributed by atoms with Crippen LogP contribution in [-0.4, -0.2) is 12.5 Å². The summed E-state index contributed by atoms with van der Waals surface area (Å²) in [5.74, 6) is -2.13. The summed E-state index contributed by atoms with van der Waals surface area (Å²) in [6, 6.07) is 9.21. The van der Waals surface area contributed by atoms with E-state index in [1.165, 1.54) is 0 Å². The predicted octanol–water partition coefficient (Wildman–Crippen LogP) is 3.96. The number of hydrogen-bond acceptors (Lipinski definition) is 2. The normalized spacial score (nSPS) is 10.3. The van der Waals surface area contributed by atoms with Crippen LogP contribution >= 0.6 is 0 Å². The maximum absolute atomic E-state index is 13.8. The highest BCUT2D eigenvalue weighted by atomic mass is 19.1. The van der Waals surface area contributed by atoms with Crippen molar-refractivity contribution in [2.75, 3.05) is 17.2 Å². The third-order valence-corrected chi connectivity index (χ3v) is 2.93. The number of carbonyl (C=O) groups is 1. The van der Waals surface area contributed by atoms with Gasteiger partial charge >= 0.3 is 0 Å². The number of nitrogens with one attached hydrogen (secondary N) is 2. The fourth-order valence-electron chi connectivity index (χ4n) is 1.98. The Morgan fingerprint density at radius 3 is 2.38 bits per heavy atom. The highest BCUT2D eigenvalue weighted by Crippen LogP contribution is 2.21. The fourth-order valence-corrected chi connectivity index (χ4v) is 1.98. The Morgan fingerprint density at radius 2 is 1.81 bits per heavy atom. The number of rotatable bonds is 4. The third-order valence-electron chi connectivity index (χ3n) is 2.93. The van der Waals surface area contributed by atoms with Gasteiger partial charge in [0.05, 0.1) is 0 Å². The zero-order valence-corrected chi connectivity index (χ0v) is 11.8. The van der Waals surface area contributed by atoms with Gasteiger partial charge in [-0.3, -0.25) is 4.79 Å². The van der Waals surface area contributed by atoms with Gasteiger partial charge in [0, 0.05) is 17.8 Å². The molecule has 0 saturated carbocycles. The molecule has 0 spiro atoms. The zero-order chi connectivity index (χ0) is 15.4. The number of carbonyl (C=O) groups excluding carboxylic acids is 1. The van der Waals surface area contributed by atoms with Gasteiger partial charge in [0.15, 0.2) is 0 Å². The Morgan fingerprint density at radius 1 is 1.14 bits per heavy atom. The van der Waals surface area contributed by atoms with Crippen molar-refractivity contribution in [3.8, 4) is 0 Å². The van der Waals surface area contributed by atoms with E-state index in [1.807, 2.05) is 13.0 Å². The smallest absolute Gasteiger partial charge is 0.255 e. The highest BCUT2D eigenvalue weighted by molar-refractivity contribution is 6.04. The second-order valence-electron chi connectivity index (χ2n) is 4.67. The second kappa shape index (κ2) is 6.35. The first-order chi connectivity index (χ1) is 10.0. The van der Waals surface area contributed by atoms with Gasteiger partial charge in [-0.1, -0.05) is 12.1 Å². The molecule has 0 bridgehead atoms. The molecule has 21 heavy (non-hydrogen) atoms. The number of anilines is 2. The molecule has 0 atom stereocenters. The summed E-state index contributed by atoms with van der Waals surface area (Å²) in [6.07, 6.45) is 0. The quantitative estimate of drug-likeness (QED) is 0.895. The number of aryl methyl sites for hydroxylation is 1. The van der Waals surface area contributed by atoms with Crippen molar-refractivity contribution < 1.29 is 13.6 Å². The molecule has 0 aliphatic heterocycles. The van der Waals surface area contributed by atoms with Gasteiger partial charge < -0.3 is 10.6 Å². The van der Waals surface area contributed by atoms with Crippen LogP contribution in [0.1, 0.15) is 22.8 Å². The van der Waals surface area contributed by atoms with Gasteiger partial charge in [0.1, 0.15) is 17.3 Å². The number of amides is 1. The van der Waals surface area contributed by atoms with E-state index in [2.05, 4.69) is 10.6 Å². The Balaban J connectivity index is 2.24. The Bertz CT molecular complexity index is 648. The molecule has 2 aromatic rings. The molecule has 0 unspecified atom stereocenters. The van der Waals surface area contributed by atoms with Crippen LogP contribution in [0.2, 0.25) is 0 Å². The van der Waals surface area contributed by atoms with E-state index >= 15 is 0 Å². The lowest BCUT2D eigenvalue weighted by atomic mass is 10.1. The lowest BCUT2D eigenvalue weighted by molar-refractivity contribution is 0.102. The van der Waals surface area contributed by atoms with Crippen molar-refractivity contribution in [3.63, 3.8) is 0 Å². The second-order valence-corrected chi connectivity index (χ2v) is 4.67. The minimum Gasteiger partial charge on any atom is -0.381 e. The minimum absolute atomic E-state index is 0.0619. The molecule has 0 aliphatic carbocycles. The average Bonchev–Trinajstić information content (AvgIpc) is 2.42. The molecule has 0 aliphatic rings. The lowest BCUT2D eigenvalue weighted by Crippen LogP contribution is -2.13. The van der Waals surface area contributed by atoms with E-state index in [9.17, 15) is 13.6 Å². The van der Waals surface area contributed by atoms with E-state index in [-0.39, 0.29) is 11.3 Å². The standard InChI is InChI=1S/C16H16F2N2O/c1-3-19-15-13(17)8-11(9-14(15)18)16(21)20-12-6-4-5-10(2)7-12/h4-9,19H,3H2,1-2H3,(H,20,21). The van der Waals surface area contributed by atoms with E-state index < -0.39 is 17.5 Å². The molecule has 2 N–H and O–H groups in total. The summed E-state index contributed by atoms with van der Waals surface area (Å²) in [5.41, 5.74) is 1.28. The molecular formula is C16H16F2N2O. The van der Waals surface area contributed by atoms with E-state index in [0.717, 1.165) is 17.7 Å². The van der Waals surface area contributed by atoms with Crippen LogP contribution in [0.15, 0.2) is 36.4 Å². The zero-order valence-electron chi connectivity index (χ0n) is 11.8. The van der Waals surface area contributed by atoms with Crippen molar-refractivity contribution in [1.29, 1.82) is 0 Å². The van der Waals surface area contributed by atoms with Crippen LogP contribution in [0, 0.1) is 18.6 Å². The highest BCUT2D eigenvalue weighted by Gasteiger charge is 2.15. The first-order valence-corrected chi connectivity index (χ1v) is 6.62. The van der Waals surface area contributed by atoms with E-state index in [1.54, 1.807) is 25.1 Å². The van der Waals surface area contributed by atoms with E-state index in [0.29, 0.717) is 12.2 Å². The summed E-state index contributed by atoms with van der Waals surface area (Å²) in [5, 5.41) is 5.20. The number of halogens is 2. The summed E-state index contributed by atoms with van der Waals surface area (Å²) >= 11 is 0. The molecule has 0 aromatic heterocycles. The lowest BCUT2D eigenvalue weighted by Gasteiger charge is -2.10. The van der Waals surface area contributed by atoms with Crippen molar-refractivity contribution >= 4 is 17.3 Å². The van der Waals surface area contributed by atoms with Crippen molar-refractivity contribution in [2.45, 2.75) is 13.8 Å². The first-order valence-electron chi connectivity index (χ1n) is 6.62. The monoisotopic (exact) mass is 290 g/mol. The van der Waals surface area contributed by atoms with Gasteiger partial charge in [-0.05, 0) is 43.7 Å². The molecule has 0 radical (unpaired) electrons. The van der Waals surface area contributed by atoms with Crippen LogP contribution in [0.25, 0.3) is 0 Å². The predicted molar refractivity (Wildman–Crippen MR) is 79.7 cm³/mol. The molecule has 110 valence electrons. The molecule has 3 nitrogen and oxygen atoms in total. The van der Waals surface area contributed by atoms with Gasteiger partial charge in [-0.25, -0.2) is 8.78 Å². The summed E-state index contributed by atoms with van der Waals surface area (Å²) < 4.78 is 27.6. The fraction of sp³-hybridized carbons (Fsp3) is 0.188. The molecular weight excluding hydrogens is 274 g/mol. The average molecular weight is 290 g/mol. The van der Waals surface area contributed by atoms with Crippen LogP contribution in [-0.2, 0) is 0 Å². The van der Waals surface area contributed by atoms with E-state index in [4.69, 9.17) is 0 Å². The van der Waals surface area contributed by atoms with Gasteiger partial charge in [-0.15, -0.1) is 0 Å². The first kappa shape index (κ1) is 15.0. The van der Waals surface area contributed by atoms with Crippen LogP contribution in [0.4, 0.5) is 20.2 Å². The minimum atomic E-state index is -0.786. The molecule has 0 fully saturated rings. The molecule has 2 aromatic carbocycles.